The average Bonchev–Trinajstić information content (AvgIpc) is 3.15. The molecular weight excluding hydrogens is 320 g/mol. The maximum Gasteiger partial charge on any atom is 0.178 e. The van der Waals surface area contributed by atoms with Crippen LogP contribution in [0.3, 0.4) is 0 Å². The average molecular weight is 338 g/mol. The van der Waals surface area contributed by atoms with Crippen molar-refractivity contribution in [3.05, 3.63) is 30.0 Å². The lowest BCUT2D eigenvalue weighted by atomic mass is 10.2. The SMILES string of the molecule is Cc1nc(-c2cn3c(n2)-c2cc(C=O)ncc2OCC3)n(C(C)C)n1. The maximum atomic E-state index is 11.1. The zero-order chi connectivity index (χ0) is 17.6. The molecule has 8 heteroatoms. The molecule has 0 atom stereocenters. The van der Waals surface area contributed by atoms with Gasteiger partial charge in [0.1, 0.15) is 35.4 Å². The van der Waals surface area contributed by atoms with Crippen molar-refractivity contribution in [3.63, 3.8) is 0 Å². The number of fused-ring (bicyclic) bond motifs is 3. The number of nitrogens with zero attached hydrogens (tertiary/aromatic N) is 6. The van der Waals surface area contributed by atoms with E-state index in [-0.39, 0.29) is 6.04 Å². The third kappa shape index (κ3) is 2.59. The number of hydrogen-bond acceptors (Lipinski definition) is 6. The molecule has 0 amide bonds. The van der Waals surface area contributed by atoms with Gasteiger partial charge in [-0.1, -0.05) is 0 Å². The Morgan fingerprint density at radius 1 is 1.28 bits per heavy atom. The molecule has 1 aliphatic rings. The van der Waals surface area contributed by atoms with E-state index >= 15 is 0 Å². The molecule has 4 heterocycles. The quantitative estimate of drug-likeness (QED) is 0.681. The number of imidazole rings is 1. The zero-order valence-electron chi connectivity index (χ0n) is 14.3. The van der Waals surface area contributed by atoms with Gasteiger partial charge in [0.15, 0.2) is 12.1 Å². The van der Waals surface area contributed by atoms with E-state index in [2.05, 4.69) is 28.9 Å². The van der Waals surface area contributed by atoms with Crippen LogP contribution >= 0.6 is 0 Å². The first kappa shape index (κ1) is 15.5. The van der Waals surface area contributed by atoms with E-state index in [0.29, 0.717) is 30.4 Å². The van der Waals surface area contributed by atoms with Crippen LogP contribution in [0.4, 0.5) is 0 Å². The summed E-state index contributed by atoms with van der Waals surface area (Å²) < 4.78 is 9.62. The Labute approximate surface area is 144 Å². The standard InChI is InChI=1S/C17H18N6O2/c1-10(2)23-17(19-11(3)21-23)14-8-22-4-5-25-15-7-18-12(9-24)6-13(15)16(22)20-14/h6-10H,4-5H2,1-3H3. The van der Waals surface area contributed by atoms with Crippen LogP contribution in [-0.4, -0.2) is 42.2 Å². The molecule has 0 N–H and O–H groups in total. The molecule has 3 aromatic rings. The number of pyridine rings is 1. The van der Waals surface area contributed by atoms with E-state index in [9.17, 15) is 4.79 Å². The first-order valence-corrected chi connectivity index (χ1v) is 8.16. The van der Waals surface area contributed by atoms with Crippen molar-refractivity contribution in [1.29, 1.82) is 0 Å². The summed E-state index contributed by atoms with van der Waals surface area (Å²) in [6.45, 7) is 7.15. The number of aryl methyl sites for hydroxylation is 1. The summed E-state index contributed by atoms with van der Waals surface area (Å²) in [6, 6.07) is 1.88. The third-order valence-electron chi connectivity index (χ3n) is 4.07. The topological polar surface area (TPSA) is 87.7 Å². The zero-order valence-corrected chi connectivity index (χ0v) is 14.3. The molecule has 1 aliphatic heterocycles. The minimum Gasteiger partial charge on any atom is -0.489 e. The number of carbonyl (C=O) groups is 1. The van der Waals surface area contributed by atoms with E-state index in [4.69, 9.17) is 9.72 Å². The molecule has 0 saturated carbocycles. The fourth-order valence-electron chi connectivity index (χ4n) is 2.94. The smallest absolute Gasteiger partial charge is 0.178 e. The van der Waals surface area contributed by atoms with Gasteiger partial charge < -0.3 is 9.30 Å². The molecule has 0 aliphatic carbocycles. The second kappa shape index (κ2) is 5.80. The number of rotatable bonds is 3. The number of ether oxygens (including phenoxy) is 1. The predicted octanol–water partition coefficient (Wildman–Crippen LogP) is 2.30. The molecule has 0 saturated heterocycles. The Kier molecular flexibility index (Phi) is 3.60. The Bertz CT molecular complexity index is 956. The van der Waals surface area contributed by atoms with Gasteiger partial charge >= 0.3 is 0 Å². The highest BCUT2D eigenvalue weighted by molar-refractivity contribution is 5.77. The molecule has 3 aromatic heterocycles. The minimum absolute atomic E-state index is 0.180. The van der Waals surface area contributed by atoms with Crippen LogP contribution in [0.2, 0.25) is 0 Å². The highest BCUT2D eigenvalue weighted by atomic mass is 16.5. The second-order valence-corrected chi connectivity index (χ2v) is 6.24. The van der Waals surface area contributed by atoms with Crippen LogP contribution in [0.25, 0.3) is 22.9 Å². The first-order chi connectivity index (χ1) is 12.1. The van der Waals surface area contributed by atoms with Crippen LogP contribution in [0.15, 0.2) is 18.5 Å². The molecule has 128 valence electrons. The molecular formula is C17H18N6O2. The van der Waals surface area contributed by atoms with Crippen LogP contribution in [0.1, 0.15) is 36.2 Å². The van der Waals surface area contributed by atoms with Crippen molar-refractivity contribution in [2.75, 3.05) is 6.61 Å². The summed E-state index contributed by atoms with van der Waals surface area (Å²) in [5.41, 5.74) is 1.86. The predicted molar refractivity (Wildman–Crippen MR) is 90.5 cm³/mol. The van der Waals surface area contributed by atoms with Crippen molar-refractivity contribution in [2.24, 2.45) is 0 Å². The van der Waals surface area contributed by atoms with Crippen molar-refractivity contribution in [2.45, 2.75) is 33.4 Å². The fraction of sp³-hybridized carbons (Fsp3) is 0.353. The third-order valence-corrected chi connectivity index (χ3v) is 4.07. The first-order valence-electron chi connectivity index (χ1n) is 8.16. The molecule has 0 bridgehead atoms. The summed E-state index contributed by atoms with van der Waals surface area (Å²) in [7, 11) is 0. The summed E-state index contributed by atoms with van der Waals surface area (Å²) in [5, 5.41) is 4.46. The Balaban J connectivity index is 1.88. The lowest BCUT2D eigenvalue weighted by molar-refractivity contribution is 0.111. The van der Waals surface area contributed by atoms with E-state index in [1.807, 2.05) is 22.4 Å². The highest BCUT2D eigenvalue weighted by Crippen LogP contribution is 2.33. The lowest BCUT2D eigenvalue weighted by Crippen LogP contribution is -2.06. The minimum atomic E-state index is 0.180. The Morgan fingerprint density at radius 3 is 2.88 bits per heavy atom. The molecule has 4 rings (SSSR count). The van der Waals surface area contributed by atoms with Crippen molar-refractivity contribution in [3.8, 4) is 28.7 Å². The summed E-state index contributed by atoms with van der Waals surface area (Å²) in [4.78, 5) is 24.5. The molecule has 0 fully saturated rings. The van der Waals surface area contributed by atoms with Gasteiger partial charge in [0.05, 0.1) is 18.3 Å². The van der Waals surface area contributed by atoms with Crippen LogP contribution in [0, 0.1) is 6.92 Å². The van der Waals surface area contributed by atoms with Gasteiger partial charge in [-0.15, -0.1) is 0 Å². The van der Waals surface area contributed by atoms with Gasteiger partial charge in [0.2, 0.25) is 0 Å². The van der Waals surface area contributed by atoms with Crippen molar-refractivity contribution in [1.82, 2.24) is 29.3 Å². The monoisotopic (exact) mass is 338 g/mol. The second-order valence-electron chi connectivity index (χ2n) is 6.24. The van der Waals surface area contributed by atoms with E-state index in [0.717, 1.165) is 29.2 Å². The van der Waals surface area contributed by atoms with Gasteiger partial charge in [-0.05, 0) is 26.8 Å². The van der Waals surface area contributed by atoms with Crippen LogP contribution in [0.5, 0.6) is 5.75 Å². The number of carbonyl (C=O) groups excluding carboxylic acids is 1. The molecule has 0 unspecified atom stereocenters. The number of aldehydes is 1. The van der Waals surface area contributed by atoms with Gasteiger partial charge in [-0.2, -0.15) is 5.10 Å². The Hall–Kier alpha value is -3.03. The number of aromatic nitrogens is 6. The van der Waals surface area contributed by atoms with Crippen LogP contribution in [-0.2, 0) is 6.54 Å². The highest BCUT2D eigenvalue weighted by Gasteiger charge is 2.22. The van der Waals surface area contributed by atoms with Crippen molar-refractivity contribution >= 4 is 6.29 Å². The molecule has 25 heavy (non-hydrogen) atoms. The molecule has 0 spiro atoms. The van der Waals surface area contributed by atoms with Crippen LogP contribution < -0.4 is 4.74 Å². The van der Waals surface area contributed by atoms with Gasteiger partial charge in [0.25, 0.3) is 0 Å². The maximum absolute atomic E-state index is 11.1. The van der Waals surface area contributed by atoms with E-state index < -0.39 is 0 Å². The summed E-state index contributed by atoms with van der Waals surface area (Å²) >= 11 is 0. The molecule has 0 radical (unpaired) electrons. The Morgan fingerprint density at radius 2 is 2.12 bits per heavy atom. The van der Waals surface area contributed by atoms with Gasteiger partial charge in [-0.3, -0.25) is 4.79 Å². The fourth-order valence-corrected chi connectivity index (χ4v) is 2.94. The van der Waals surface area contributed by atoms with Gasteiger partial charge in [-0.25, -0.2) is 19.6 Å². The molecule has 8 nitrogen and oxygen atoms in total. The van der Waals surface area contributed by atoms with Gasteiger partial charge in [0, 0.05) is 12.2 Å². The number of hydrogen-bond donors (Lipinski definition) is 0. The summed E-state index contributed by atoms with van der Waals surface area (Å²) in [5.74, 6) is 2.82. The molecule has 0 aromatic carbocycles. The van der Waals surface area contributed by atoms with E-state index in [1.165, 1.54) is 0 Å². The van der Waals surface area contributed by atoms with E-state index in [1.54, 1.807) is 12.3 Å². The van der Waals surface area contributed by atoms with Crippen molar-refractivity contribution < 1.29 is 9.53 Å². The summed E-state index contributed by atoms with van der Waals surface area (Å²) in [6.07, 6.45) is 4.25. The largest absolute Gasteiger partial charge is 0.489 e. The normalized spacial score (nSPS) is 13.1. The lowest BCUT2D eigenvalue weighted by Gasteiger charge is -2.07.